The maximum atomic E-state index is 14.4. The number of esters is 1. The minimum atomic E-state index is -5.42. The van der Waals surface area contributed by atoms with E-state index in [0.29, 0.717) is 23.8 Å². The van der Waals surface area contributed by atoms with E-state index in [2.05, 4.69) is 22.5 Å². The zero-order valence-corrected chi connectivity index (χ0v) is 32.7. The molecule has 0 bridgehead atoms. The van der Waals surface area contributed by atoms with Crippen LogP contribution < -0.4 is 10.4 Å². The topological polar surface area (TPSA) is 84.2 Å². The molecule has 0 aliphatic carbocycles. The zero-order chi connectivity index (χ0) is 40.8. The number of rotatable bonds is 19. The summed E-state index contributed by atoms with van der Waals surface area (Å²) in [5, 5.41) is 0.528. The molecular formula is C41H54F6O7. The second-order valence-corrected chi connectivity index (χ2v) is 16.2. The molecule has 2 aromatic carbocycles. The highest BCUT2D eigenvalue weighted by atomic mass is 19.3. The van der Waals surface area contributed by atoms with Gasteiger partial charge in [0, 0.05) is 11.5 Å². The van der Waals surface area contributed by atoms with E-state index in [1.807, 2.05) is 39.8 Å². The summed E-state index contributed by atoms with van der Waals surface area (Å²) >= 11 is 0. The Morgan fingerprint density at radius 1 is 0.759 bits per heavy atom. The number of benzene rings is 2. The van der Waals surface area contributed by atoms with Gasteiger partial charge in [-0.05, 0) is 78.3 Å². The fourth-order valence-electron chi connectivity index (χ4n) is 6.19. The molecule has 0 amide bonds. The summed E-state index contributed by atoms with van der Waals surface area (Å²) in [4.78, 5) is 26.0. The van der Waals surface area contributed by atoms with Crippen LogP contribution in [0.25, 0.3) is 22.1 Å². The Labute approximate surface area is 313 Å². The fourth-order valence-corrected chi connectivity index (χ4v) is 6.19. The summed E-state index contributed by atoms with van der Waals surface area (Å²) in [6.07, 6.45) is -12.5. The zero-order valence-electron chi connectivity index (χ0n) is 32.7. The Morgan fingerprint density at radius 2 is 1.39 bits per heavy atom. The van der Waals surface area contributed by atoms with Crippen molar-refractivity contribution in [1.29, 1.82) is 0 Å². The van der Waals surface area contributed by atoms with Crippen LogP contribution in [-0.4, -0.2) is 37.7 Å². The van der Waals surface area contributed by atoms with E-state index in [4.69, 9.17) is 13.9 Å². The lowest BCUT2D eigenvalue weighted by Gasteiger charge is -2.43. The molecule has 302 valence electrons. The number of fused-ring (bicyclic) bond motifs is 1. The summed E-state index contributed by atoms with van der Waals surface area (Å²) in [5.74, 6) is -0.827. The van der Waals surface area contributed by atoms with E-state index in [0.717, 1.165) is 36.8 Å². The second-order valence-electron chi connectivity index (χ2n) is 16.2. The summed E-state index contributed by atoms with van der Waals surface area (Å²) in [5.41, 5.74) is 0.690. The average Bonchev–Trinajstić information content (AvgIpc) is 3.01. The maximum Gasteiger partial charge on any atom is 0.494 e. The van der Waals surface area contributed by atoms with Gasteiger partial charge >= 0.3 is 30.1 Å². The molecule has 0 saturated carbocycles. The number of unbranched alkanes of at least 4 members (excludes halogenated alkanes) is 2. The molecule has 1 aromatic heterocycles. The van der Waals surface area contributed by atoms with Crippen molar-refractivity contribution in [3.63, 3.8) is 0 Å². The molecule has 0 aliphatic heterocycles. The number of hydrogen-bond donors (Lipinski definition) is 0. The van der Waals surface area contributed by atoms with Crippen LogP contribution in [-0.2, 0) is 31.8 Å². The first kappa shape index (κ1) is 44.8. The lowest BCUT2D eigenvalue weighted by atomic mass is 9.61. The number of ether oxygens (including phenoxy) is 4. The number of alkyl halides is 6. The predicted molar refractivity (Wildman–Crippen MR) is 195 cm³/mol. The average molecular weight is 773 g/mol. The third-order valence-electron chi connectivity index (χ3n) is 9.43. The second kappa shape index (κ2) is 17.5. The largest absolute Gasteiger partial charge is 0.494 e. The molecule has 0 radical (unpaired) electrons. The summed E-state index contributed by atoms with van der Waals surface area (Å²) < 4.78 is 108. The van der Waals surface area contributed by atoms with Gasteiger partial charge in [-0.2, -0.15) is 17.6 Å². The van der Waals surface area contributed by atoms with E-state index >= 15 is 0 Å². The number of carbonyl (C=O) groups is 1. The summed E-state index contributed by atoms with van der Waals surface area (Å²) in [6.45, 7) is 14.9. The Kier molecular flexibility index (Phi) is 14.5. The van der Waals surface area contributed by atoms with Gasteiger partial charge in [-0.25, -0.2) is 14.3 Å². The van der Waals surface area contributed by atoms with Gasteiger partial charge in [0.2, 0.25) is 0 Å². The molecule has 1 unspecified atom stereocenters. The van der Waals surface area contributed by atoms with Crippen molar-refractivity contribution in [3.8, 4) is 16.9 Å². The Hall–Kier alpha value is -3.58. The molecule has 0 fully saturated rings. The highest BCUT2D eigenvalue weighted by Gasteiger charge is 2.52. The standard InChI is InChI=1S/C41H54F6O7/c1-10-12-13-14-27-15-18-31(28(11-2)23-27)32-24-29-16-17-30(25-33(29)52-34(32)48)50-21-19-39(42,43)53-41(46,47)54-40(44,45)20-22-51-35(49)38(9,37(6,7)8)26-36(3,4)5/h15-18,23-25H,10-14,19-22,26H2,1-9H3. The SMILES string of the molecule is CCCCCc1ccc(-c2cc3ccc(OCCC(F)(F)OC(F)(F)OC(F)(F)CCOC(=O)C(C)(CC(C)(C)C)C(C)(C)C)cc3oc2=O)c(CC)c1. The van der Waals surface area contributed by atoms with Gasteiger partial charge in [0.25, 0.3) is 0 Å². The molecule has 0 N–H and O–H groups in total. The number of carbonyl (C=O) groups excluding carboxylic acids is 1. The monoisotopic (exact) mass is 772 g/mol. The Bertz CT molecular complexity index is 1770. The molecule has 0 spiro atoms. The van der Waals surface area contributed by atoms with E-state index in [1.54, 1.807) is 39.8 Å². The highest BCUT2D eigenvalue weighted by Crippen LogP contribution is 2.47. The van der Waals surface area contributed by atoms with E-state index in [1.165, 1.54) is 17.7 Å². The molecule has 3 rings (SSSR count). The number of hydrogen-bond acceptors (Lipinski definition) is 7. The van der Waals surface area contributed by atoms with E-state index in [9.17, 15) is 35.9 Å². The van der Waals surface area contributed by atoms with Gasteiger partial charge in [-0.15, -0.1) is 8.78 Å². The van der Waals surface area contributed by atoms with Crippen molar-refractivity contribution in [2.75, 3.05) is 13.2 Å². The number of halogens is 6. The van der Waals surface area contributed by atoms with Crippen molar-refractivity contribution in [1.82, 2.24) is 0 Å². The van der Waals surface area contributed by atoms with E-state index in [-0.39, 0.29) is 16.7 Å². The fraction of sp³-hybridized carbons (Fsp3) is 0.610. The molecule has 0 aliphatic rings. The quantitative estimate of drug-likeness (QED) is 0.0394. The summed E-state index contributed by atoms with van der Waals surface area (Å²) in [6, 6.07) is 11.9. The molecule has 1 heterocycles. The molecule has 1 atom stereocenters. The van der Waals surface area contributed by atoms with Crippen molar-refractivity contribution in [2.45, 2.75) is 132 Å². The Balaban J connectivity index is 1.58. The number of aryl methyl sites for hydroxylation is 2. The minimum absolute atomic E-state index is 0.0194. The third kappa shape index (κ3) is 12.7. The predicted octanol–water partition coefficient (Wildman–Crippen LogP) is 11.7. The van der Waals surface area contributed by atoms with Gasteiger partial charge in [-0.3, -0.25) is 4.79 Å². The highest BCUT2D eigenvalue weighted by molar-refractivity contribution is 5.83. The van der Waals surface area contributed by atoms with Crippen LogP contribution in [0.15, 0.2) is 51.7 Å². The van der Waals surface area contributed by atoms with Gasteiger partial charge in [0.05, 0.1) is 37.0 Å². The van der Waals surface area contributed by atoms with Crippen LogP contribution >= 0.6 is 0 Å². The lowest BCUT2D eigenvalue weighted by molar-refractivity contribution is -0.514. The molecule has 7 nitrogen and oxygen atoms in total. The van der Waals surface area contributed by atoms with Crippen LogP contribution in [0.3, 0.4) is 0 Å². The van der Waals surface area contributed by atoms with Gasteiger partial charge in [0.1, 0.15) is 11.3 Å². The van der Waals surface area contributed by atoms with Crippen LogP contribution in [0.4, 0.5) is 26.3 Å². The van der Waals surface area contributed by atoms with Crippen molar-refractivity contribution < 1.29 is 54.5 Å². The molecule has 3 aromatic rings. The third-order valence-corrected chi connectivity index (χ3v) is 9.43. The van der Waals surface area contributed by atoms with Crippen LogP contribution in [0.2, 0.25) is 0 Å². The van der Waals surface area contributed by atoms with Gasteiger partial charge in [0.15, 0.2) is 0 Å². The van der Waals surface area contributed by atoms with Crippen LogP contribution in [0, 0.1) is 16.2 Å². The first-order chi connectivity index (χ1) is 24.8. The first-order valence-electron chi connectivity index (χ1n) is 18.3. The van der Waals surface area contributed by atoms with E-state index < -0.39 is 67.0 Å². The molecule has 54 heavy (non-hydrogen) atoms. The minimum Gasteiger partial charge on any atom is -0.493 e. The van der Waals surface area contributed by atoms with Crippen LogP contribution in [0.5, 0.6) is 5.75 Å². The first-order valence-corrected chi connectivity index (χ1v) is 18.3. The molecule has 13 heteroatoms. The maximum absolute atomic E-state index is 14.4. The molecular weight excluding hydrogens is 718 g/mol. The van der Waals surface area contributed by atoms with Crippen molar-refractivity contribution in [3.05, 3.63) is 64.0 Å². The normalized spacial score (nSPS) is 14.3. The molecule has 0 saturated heterocycles. The van der Waals surface area contributed by atoms with Crippen molar-refractivity contribution >= 4 is 16.9 Å². The summed E-state index contributed by atoms with van der Waals surface area (Å²) in [7, 11) is 0. The Morgan fingerprint density at radius 3 is 1.96 bits per heavy atom. The lowest BCUT2D eigenvalue weighted by Crippen LogP contribution is -2.45. The van der Waals surface area contributed by atoms with Gasteiger partial charge < -0.3 is 13.9 Å². The van der Waals surface area contributed by atoms with Crippen LogP contribution in [0.1, 0.15) is 112 Å². The smallest absolute Gasteiger partial charge is 0.493 e. The van der Waals surface area contributed by atoms with Gasteiger partial charge in [-0.1, -0.05) is 86.4 Å². The van der Waals surface area contributed by atoms with Crippen molar-refractivity contribution in [2.24, 2.45) is 16.2 Å².